The number of carbonyl (C=O) groups excluding carboxylic acids is 1. The summed E-state index contributed by atoms with van der Waals surface area (Å²) in [5, 5.41) is 0. The molecule has 0 saturated carbocycles. The summed E-state index contributed by atoms with van der Waals surface area (Å²) in [6.07, 6.45) is 3.17. The Morgan fingerprint density at radius 3 is 2.50 bits per heavy atom. The van der Waals surface area contributed by atoms with E-state index in [0.29, 0.717) is 6.42 Å². The molecule has 0 aromatic carbocycles. The summed E-state index contributed by atoms with van der Waals surface area (Å²) in [7, 11) is 1.40. The number of hydrogen-bond donors (Lipinski definition) is 0. The van der Waals surface area contributed by atoms with Crippen molar-refractivity contribution in [3.05, 3.63) is 23.8 Å². The van der Waals surface area contributed by atoms with Crippen LogP contribution in [0.5, 0.6) is 0 Å². The van der Waals surface area contributed by atoms with E-state index in [1.54, 1.807) is 0 Å². The maximum atomic E-state index is 10.7. The van der Waals surface area contributed by atoms with E-state index in [1.807, 2.05) is 19.9 Å². The van der Waals surface area contributed by atoms with Gasteiger partial charge in [-0.1, -0.05) is 23.8 Å². The fraction of sp³-hybridized carbons (Fsp3) is 0.500. The van der Waals surface area contributed by atoms with Gasteiger partial charge in [-0.15, -0.1) is 0 Å². The van der Waals surface area contributed by atoms with Crippen LogP contribution in [0.1, 0.15) is 26.7 Å². The second-order valence-electron chi connectivity index (χ2n) is 2.78. The molecule has 0 aliphatic heterocycles. The molecule has 2 heteroatoms. The van der Waals surface area contributed by atoms with Crippen molar-refractivity contribution < 1.29 is 9.53 Å². The van der Waals surface area contributed by atoms with Crippen molar-refractivity contribution in [2.75, 3.05) is 7.11 Å². The van der Waals surface area contributed by atoms with Crippen LogP contribution in [0.4, 0.5) is 0 Å². The van der Waals surface area contributed by atoms with E-state index >= 15 is 0 Å². The minimum atomic E-state index is -0.166. The minimum absolute atomic E-state index is 0.166. The molecule has 12 heavy (non-hydrogen) atoms. The fourth-order valence-electron chi connectivity index (χ4n) is 0.683. The van der Waals surface area contributed by atoms with Gasteiger partial charge in [0.15, 0.2) is 0 Å². The van der Waals surface area contributed by atoms with Crippen LogP contribution in [0, 0.1) is 0 Å². The number of ether oxygens (including phenoxy) is 1. The van der Waals surface area contributed by atoms with Crippen molar-refractivity contribution in [2.45, 2.75) is 26.7 Å². The molecule has 0 aliphatic carbocycles. The number of esters is 1. The van der Waals surface area contributed by atoms with Gasteiger partial charge in [0.05, 0.1) is 7.11 Å². The van der Waals surface area contributed by atoms with Gasteiger partial charge in [0.2, 0.25) is 0 Å². The Bertz CT molecular complexity index is 202. The summed E-state index contributed by atoms with van der Waals surface area (Å²) in [5.41, 5.74) is 2.18. The quantitative estimate of drug-likeness (QED) is 0.476. The largest absolute Gasteiger partial charge is 0.469 e. The Morgan fingerprint density at radius 2 is 2.08 bits per heavy atom. The zero-order valence-electron chi connectivity index (χ0n) is 8.02. The predicted molar refractivity (Wildman–Crippen MR) is 49.8 cm³/mol. The highest BCUT2D eigenvalue weighted by Crippen LogP contribution is 2.07. The van der Waals surface area contributed by atoms with E-state index < -0.39 is 0 Å². The van der Waals surface area contributed by atoms with Crippen LogP contribution in [-0.4, -0.2) is 13.1 Å². The van der Waals surface area contributed by atoms with Crippen molar-refractivity contribution in [2.24, 2.45) is 0 Å². The number of rotatable bonds is 4. The molecular weight excluding hydrogens is 152 g/mol. The van der Waals surface area contributed by atoms with Gasteiger partial charge in [0.25, 0.3) is 0 Å². The van der Waals surface area contributed by atoms with Crippen molar-refractivity contribution >= 4 is 5.97 Å². The summed E-state index contributed by atoms with van der Waals surface area (Å²) in [4.78, 5) is 10.7. The van der Waals surface area contributed by atoms with E-state index in [-0.39, 0.29) is 5.97 Å². The van der Waals surface area contributed by atoms with E-state index in [0.717, 1.165) is 17.6 Å². The average molecular weight is 168 g/mol. The Kier molecular flexibility index (Phi) is 5.09. The minimum Gasteiger partial charge on any atom is -0.469 e. The number of hydrogen-bond acceptors (Lipinski definition) is 2. The van der Waals surface area contributed by atoms with Gasteiger partial charge in [-0.25, -0.2) is 0 Å². The molecule has 0 rings (SSSR count). The summed E-state index contributed by atoms with van der Waals surface area (Å²) in [5.74, 6) is -0.166. The van der Waals surface area contributed by atoms with Gasteiger partial charge in [-0.3, -0.25) is 4.79 Å². The highest BCUT2D eigenvalue weighted by atomic mass is 16.5. The predicted octanol–water partition coefficient (Wildman–Crippen LogP) is 2.46. The third-order valence-electron chi connectivity index (χ3n) is 1.70. The van der Waals surface area contributed by atoms with E-state index in [1.165, 1.54) is 7.11 Å². The van der Waals surface area contributed by atoms with Crippen molar-refractivity contribution in [1.29, 1.82) is 0 Å². The van der Waals surface area contributed by atoms with Crippen LogP contribution >= 0.6 is 0 Å². The van der Waals surface area contributed by atoms with Crippen LogP contribution in [0.3, 0.4) is 0 Å². The molecule has 0 fully saturated rings. The first-order valence-electron chi connectivity index (χ1n) is 3.97. The molecule has 0 amide bonds. The summed E-state index contributed by atoms with van der Waals surface area (Å²) in [6.45, 7) is 7.72. The maximum Gasteiger partial charge on any atom is 0.305 e. The van der Waals surface area contributed by atoms with E-state index in [2.05, 4.69) is 11.3 Å². The average Bonchev–Trinajstić information content (AvgIpc) is 2.03. The highest BCUT2D eigenvalue weighted by molar-refractivity contribution is 5.69. The SMILES string of the molecule is C=C(C)/C(C)=C/CCC(=O)OC. The third-order valence-corrected chi connectivity index (χ3v) is 1.70. The molecule has 0 spiro atoms. The molecule has 68 valence electrons. The molecule has 0 saturated heterocycles. The molecule has 0 radical (unpaired) electrons. The molecule has 0 aliphatic rings. The van der Waals surface area contributed by atoms with Gasteiger partial charge in [-0.05, 0) is 20.3 Å². The van der Waals surface area contributed by atoms with Crippen LogP contribution in [0.2, 0.25) is 0 Å². The van der Waals surface area contributed by atoms with Gasteiger partial charge < -0.3 is 4.74 Å². The first kappa shape index (κ1) is 11.0. The lowest BCUT2D eigenvalue weighted by atomic mass is 10.1. The zero-order chi connectivity index (χ0) is 9.56. The molecule has 0 aromatic heterocycles. The summed E-state index contributed by atoms with van der Waals surface area (Å²) < 4.78 is 4.50. The fourth-order valence-corrected chi connectivity index (χ4v) is 0.683. The first-order chi connectivity index (χ1) is 5.57. The monoisotopic (exact) mass is 168 g/mol. The normalized spacial score (nSPS) is 11.1. The van der Waals surface area contributed by atoms with Gasteiger partial charge in [-0.2, -0.15) is 0 Å². The van der Waals surface area contributed by atoms with Crippen LogP contribution < -0.4 is 0 Å². The lowest BCUT2D eigenvalue weighted by molar-refractivity contribution is -0.140. The summed E-state index contributed by atoms with van der Waals surface area (Å²) in [6, 6.07) is 0. The van der Waals surface area contributed by atoms with Crippen LogP contribution in [0.15, 0.2) is 23.8 Å². The van der Waals surface area contributed by atoms with Crippen molar-refractivity contribution in [1.82, 2.24) is 0 Å². The Morgan fingerprint density at radius 1 is 1.50 bits per heavy atom. The summed E-state index contributed by atoms with van der Waals surface area (Å²) >= 11 is 0. The first-order valence-corrected chi connectivity index (χ1v) is 3.97. The topological polar surface area (TPSA) is 26.3 Å². The molecule has 0 aromatic rings. The molecule has 2 nitrogen and oxygen atoms in total. The van der Waals surface area contributed by atoms with Gasteiger partial charge in [0, 0.05) is 6.42 Å². The van der Waals surface area contributed by atoms with Crippen molar-refractivity contribution in [3.63, 3.8) is 0 Å². The molecule has 0 atom stereocenters. The Labute approximate surface area is 73.9 Å². The molecule has 0 N–H and O–H groups in total. The number of methoxy groups -OCH3 is 1. The van der Waals surface area contributed by atoms with E-state index in [4.69, 9.17) is 0 Å². The standard InChI is InChI=1S/C10H16O2/c1-8(2)9(3)6-5-7-10(11)12-4/h6H,1,5,7H2,2-4H3/b9-6+. The van der Waals surface area contributed by atoms with Gasteiger partial charge in [0.1, 0.15) is 0 Å². The van der Waals surface area contributed by atoms with Crippen LogP contribution in [-0.2, 0) is 9.53 Å². The van der Waals surface area contributed by atoms with E-state index in [9.17, 15) is 4.79 Å². The lowest BCUT2D eigenvalue weighted by Gasteiger charge is -1.98. The zero-order valence-corrected chi connectivity index (χ0v) is 8.02. The lowest BCUT2D eigenvalue weighted by Crippen LogP contribution is -1.98. The van der Waals surface area contributed by atoms with Gasteiger partial charge >= 0.3 is 5.97 Å². The molecule has 0 bridgehead atoms. The highest BCUT2D eigenvalue weighted by Gasteiger charge is 1.97. The Hall–Kier alpha value is -1.05. The van der Waals surface area contributed by atoms with Crippen molar-refractivity contribution in [3.8, 4) is 0 Å². The Balaban J connectivity index is 3.75. The smallest absolute Gasteiger partial charge is 0.305 e. The van der Waals surface area contributed by atoms with Crippen LogP contribution in [0.25, 0.3) is 0 Å². The molecule has 0 heterocycles. The second-order valence-corrected chi connectivity index (χ2v) is 2.78. The number of allylic oxidation sites excluding steroid dienone is 3. The molecular formula is C10H16O2. The second kappa shape index (κ2) is 5.58. The molecule has 0 unspecified atom stereocenters. The third kappa shape index (κ3) is 4.72. The maximum absolute atomic E-state index is 10.7. The number of carbonyl (C=O) groups is 1.